The van der Waals surface area contributed by atoms with E-state index in [4.69, 9.17) is 4.74 Å². The molecule has 3 heterocycles. The van der Waals surface area contributed by atoms with Crippen LogP contribution in [0, 0.1) is 13.8 Å². The Morgan fingerprint density at radius 1 is 1.22 bits per heavy atom. The lowest BCUT2D eigenvalue weighted by Crippen LogP contribution is -3.00. The molecular weight excluding hydrogens is 467 g/mol. The Labute approximate surface area is 183 Å². The van der Waals surface area contributed by atoms with E-state index >= 15 is 0 Å². The summed E-state index contributed by atoms with van der Waals surface area (Å²) in [6, 6.07) is 13.3. The zero-order chi connectivity index (χ0) is 18.1. The normalized spacial score (nSPS) is 20.0. The quantitative estimate of drug-likeness (QED) is 0.476. The topological polar surface area (TPSA) is 16.4 Å². The van der Waals surface area contributed by atoms with Crippen LogP contribution in [-0.4, -0.2) is 19.3 Å². The summed E-state index contributed by atoms with van der Waals surface area (Å²) in [5.41, 5.74) is 5.20. The Morgan fingerprint density at radius 2 is 1.96 bits per heavy atom. The lowest BCUT2D eigenvalue weighted by atomic mass is 10.1. The number of hydrogen-bond acceptors (Lipinski definition) is 3. The van der Waals surface area contributed by atoms with Crippen molar-refractivity contribution in [2.75, 3.05) is 18.1 Å². The smallest absolute Gasteiger partial charge is 0.179 e. The zero-order valence-corrected chi connectivity index (χ0v) is 19.2. The van der Waals surface area contributed by atoms with Gasteiger partial charge in [0.05, 0.1) is 10.7 Å². The predicted molar refractivity (Wildman–Crippen MR) is 108 cm³/mol. The Morgan fingerprint density at radius 3 is 2.63 bits per heavy atom. The first-order chi connectivity index (χ1) is 12.7. The fourth-order valence-corrected chi connectivity index (χ4v) is 5.14. The molecule has 0 radical (unpaired) electrons. The van der Waals surface area contributed by atoms with Gasteiger partial charge in [0, 0.05) is 44.0 Å². The van der Waals surface area contributed by atoms with Gasteiger partial charge in [0.15, 0.2) is 17.9 Å². The summed E-state index contributed by atoms with van der Waals surface area (Å²) in [4.78, 5) is 3.75. The van der Waals surface area contributed by atoms with Gasteiger partial charge in [0.1, 0.15) is 6.10 Å². The van der Waals surface area contributed by atoms with Gasteiger partial charge in [-0.05, 0) is 43.5 Å². The number of fused-ring (bicyclic) bond motifs is 1. The minimum absolute atomic E-state index is 0. The van der Waals surface area contributed by atoms with Gasteiger partial charge in [0.25, 0.3) is 0 Å². The number of aromatic nitrogens is 1. The highest BCUT2D eigenvalue weighted by Gasteiger charge is 2.25. The van der Waals surface area contributed by atoms with E-state index in [1.54, 1.807) is 0 Å². The summed E-state index contributed by atoms with van der Waals surface area (Å²) in [6.07, 6.45) is 5.07. The standard InChI is InChI=1S/C22H27N2OS.HI/c1-4-23-20-9-5-6-10-21(20)26-22(23)14-18-12-16(2)24(17(3)13-18)15-19-8-7-11-25-19;/h5-6,9-10,12-14,19H,4,7-8,11,15H2,1-3H3;1H/q+1;/p-1. The van der Waals surface area contributed by atoms with Crippen LogP contribution in [0.4, 0.5) is 5.69 Å². The second kappa shape index (κ2) is 8.97. The summed E-state index contributed by atoms with van der Waals surface area (Å²) in [5.74, 6) is 0. The Hall–Kier alpha value is -1.05. The zero-order valence-electron chi connectivity index (χ0n) is 16.2. The van der Waals surface area contributed by atoms with Crippen LogP contribution in [-0.2, 0) is 11.3 Å². The molecule has 2 aromatic rings. The Balaban J connectivity index is 0.00000210. The van der Waals surface area contributed by atoms with E-state index in [1.165, 1.54) is 45.4 Å². The largest absolute Gasteiger partial charge is 1.00 e. The third-order valence-electron chi connectivity index (χ3n) is 5.26. The van der Waals surface area contributed by atoms with Crippen LogP contribution in [0.15, 0.2) is 46.3 Å². The molecule has 5 heteroatoms. The van der Waals surface area contributed by atoms with Crippen molar-refractivity contribution >= 4 is 23.5 Å². The van der Waals surface area contributed by atoms with Crippen molar-refractivity contribution in [3.05, 3.63) is 58.4 Å². The number of thioether (sulfide) groups is 1. The lowest BCUT2D eigenvalue weighted by molar-refractivity contribution is -0.714. The van der Waals surface area contributed by atoms with E-state index in [0.717, 1.165) is 19.7 Å². The van der Waals surface area contributed by atoms with Crippen LogP contribution in [0.1, 0.15) is 36.7 Å². The monoisotopic (exact) mass is 494 g/mol. The van der Waals surface area contributed by atoms with Gasteiger partial charge >= 0.3 is 0 Å². The number of rotatable bonds is 4. The number of ether oxygens (including phenoxy) is 1. The number of anilines is 1. The summed E-state index contributed by atoms with van der Waals surface area (Å²) in [7, 11) is 0. The molecule has 0 bridgehead atoms. The van der Waals surface area contributed by atoms with Gasteiger partial charge in [-0.1, -0.05) is 23.9 Å². The van der Waals surface area contributed by atoms with Gasteiger partial charge in [-0.3, -0.25) is 0 Å². The molecule has 0 N–H and O–H groups in total. The van der Waals surface area contributed by atoms with E-state index in [0.29, 0.717) is 6.10 Å². The first-order valence-corrected chi connectivity index (χ1v) is 10.4. The fourth-order valence-electron chi connectivity index (χ4n) is 3.95. The molecule has 27 heavy (non-hydrogen) atoms. The molecule has 144 valence electrons. The maximum absolute atomic E-state index is 5.83. The summed E-state index contributed by atoms with van der Waals surface area (Å²) < 4.78 is 8.22. The molecule has 2 aliphatic heterocycles. The van der Waals surface area contributed by atoms with Crippen molar-refractivity contribution in [1.29, 1.82) is 0 Å². The van der Waals surface area contributed by atoms with Crippen molar-refractivity contribution in [1.82, 2.24) is 0 Å². The second-order valence-electron chi connectivity index (χ2n) is 7.11. The summed E-state index contributed by atoms with van der Waals surface area (Å²) >= 11 is 1.87. The summed E-state index contributed by atoms with van der Waals surface area (Å²) in [5, 5.41) is 1.31. The highest BCUT2D eigenvalue weighted by molar-refractivity contribution is 8.03. The van der Waals surface area contributed by atoms with E-state index in [1.807, 2.05) is 11.8 Å². The van der Waals surface area contributed by atoms with E-state index in [2.05, 4.69) is 72.7 Å². The van der Waals surface area contributed by atoms with Crippen LogP contribution in [0.25, 0.3) is 6.08 Å². The van der Waals surface area contributed by atoms with Crippen LogP contribution in [0.5, 0.6) is 0 Å². The average Bonchev–Trinajstić information content (AvgIpc) is 3.25. The van der Waals surface area contributed by atoms with Gasteiger partial charge in [-0.15, -0.1) is 0 Å². The number of aryl methyl sites for hydroxylation is 2. The summed E-state index contributed by atoms with van der Waals surface area (Å²) in [6.45, 7) is 9.50. The molecule has 1 fully saturated rings. The number of hydrogen-bond donors (Lipinski definition) is 0. The van der Waals surface area contributed by atoms with Gasteiger partial charge in [0.2, 0.25) is 0 Å². The highest BCUT2D eigenvalue weighted by Crippen LogP contribution is 2.46. The van der Waals surface area contributed by atoms with Crippen molar-refractivity contribution in [2.24, 2.45) is 0 Å². The molecule has 0 saturated carbocycles. The number of pyridine rings is 1. The minimum Gasteiger partial charge on any atom is -1.00 e. The third-order valence-corrected chi connectivity index (χ3v) is 6.37. The van der Waals surface area contributed by atoms with Crippen LogP contribution in [0.3, 0.4) is 0 Å². The maximum atomic E-state index is 5.83. The molecule has 1 unspecified atom stereocenters. The molecule has 1 aromatic carbocycles. The van der Waals surface area contributed by atoms with E-state index < -0.39 is 0 Å². The van der Waals surface area contributed by atoms with Crippen LogP contribution >= 0.6 is 11.8 Å². The minimum atomic E-state index is 0. The Kier molecular flexibility index (Phi) is 6.87. The third kappa shape index (κ3) is 4.35. The maximum Gasteiger partial charge on any atom is 0.179 e. The molecule has 4 rings (SSSR count). The number of benzene rings is 1. The first-order valence-electron chi connectivity index (χ1n) is 9.54. The van der Waals surface area contributed by atoms with Gasteiger partial charge in [-0.2, -0.15) is 4.57 Å². The average molecular weight is 494 g/mol. The molecule has 1 saturated heterocycles. The van der Waals surface area contributed by atoms with Crippen molar-refractivity contribution in [3.8, 4) is 0 Å². The molecule has 0 aliphatic carbocycles. The van der Waals surface area contributed by atoms with Crippen molar-refractivity contribution in [3.63, 3.8) is 0 Å². The number of nitrogens with zero attached hydrogens (tertiary/aromatic N) is 2. The SMILES string of the molecule is CCN1/C(=C\c2cc(C)[n+](CC3CCCO3)c(C)c2)Sc2ccccc21.[I-]. The second-order valence-corrected chi connectivity index (χ2v) is 8.18. The lowest BCUT2D eigenvalue weighted by Gasteiger charge is -2.18. The van der Waals surface area contributed by atoms with E-state index in [-0.39, 0.29) is 24.0 Å². The Bertz CT molecular complexity index is 823. The highest BCUT2D eigenvalue weighted by atomic mass is 127. The molecular formula is C22H27IN2OS. The fraction of sp³-hybridized carbons (Fsp3) is 0.409. The molecule has 3 nitrogen and oxygen atoms in total. The van der Waals surface area contributed by atoms with Crippen LogP contribution < -0.4 is 33.4 Å². The molecule has 0 amide bonds. The molecule has 1 atom stereocenters. The van der Waals surface area contributed by atoms with Crippen molar-refractivity contribution in [2.45, 2.75) is 51.2 Å². The number of halogens is 1. The van der Waals surface area contributed by atoms with Crippen molar-refractivity contribution < 1.29 is 33.3 Å². The van der Waals surface area contributed by atoms with Crippen LogP contribution in [0.2, 0.25) is 0 Å². The van der Waals surface area contributed by atoms with Gasteiger partial charge in [-0.25, -0.2) is 0 Å². The molecule has 0 spiro atoms. The molecule has 1 aromatic heterocycles. The van der Waals surface area contributed by atoms with Gasteiger partial charge < -0.3 is 33.6 Å². The molecule has 2 aliphatic rings. The number of para-hydroxylation sites is 1. The predicted octanol–water partition coefficient (Wildman–Crippen LogP) is 1.70. The van der Waals surface area contributed by atoms with E-state index in [9.17, 15) is 0 Å². The first kappa shape index (κ1) is 20.7.